The van der Waals surface area contributed by atoms with Crippen molar-refractivity contribution in [3.05, 3.63) is 12.3 Å². The van der Waals surface area contributed by atoms with E-state index in [0.717, 1.165) is 10.7 Å². The Hall–Kier alpha value is -1.20. The third-order valence-electron chi connectivity index (χ3n) is 0.844. The van der Waals surface area contributed by atoms with Gasteiger partial charge in [-0.25, -0.2) is 0 Å². The van der Waals surface area contributed by atoms with Crippen molar-refractivity contribution in [2.45, 2.75) is 6.36 Å². The molecule has 6 heteroatoms. The number of halogens is 3. The quantitative estimate of drug-likeness (QED) is 0.623. The topological polar surface area (TPSA) is 27.1 Å². The summed E-state index contributed by atoms with van der Waals surface area (Å²) in [4.78, 5) is 0. The summed E-state index contributed by atoms with van der Waals surface area (Å²) in [6, 6.07) is 1.01. The minimum atomic E-state index is -4.68. The number of aryl methyl sites for hydroxylation is 1. The van der Waals surface area contributed by atoms with Gasteiger partial charge in [0.05, 0.1) is 6.20 Å². The van der Waals surface area contributed by atoms with E-state index in [9.17, 15) is 13.2 Å². The smallest absolute Gasteiger partial charge is 0.386 e. The Balaban J connectivity index is 2.65. The van der Waals surface area contributed by atoms with Gasteiger partial charge in [0.15, 0.2) is 0 Å². The van der Waals surface area contributed by atoms with Crippen LogP contribution in [-0.4, -0.2) is 16.1 Å². The molecule has 1 rings (SSSR count). The highest BCUT2D eigenvalue weighted by atomic mass is 19.4. The molecule has 0 spiro atoms. The molecule has 0 aliphatic rings. The number of rotatable bonds is 1. The lowest BCUT2D eigenvalue weighted by Crippen LogP contribution is -2.17. The monoisotopic (exact) mass is 165 g/mol. The van der Waals surface area contributed by atoms with Crippen molar-refractivity contribution < 1.29 is 17.9 Å². The molecule has 0 aliphatic carbocycles. The second-order valence-corrected chi connectivity index (χ2v) is 1.78. The standard InChI is InChI=1S/C5H4F3N2O/c1-10-3-2-4(9-10)11-5(6,7)8/h2H,1H3. The summed E-state index contributed by atoms with van der Waals surface area (Å²) in [5.74, 6) is -0.500. The summed E-state index contributed by atoms with van der Waals surface area (Å²) in [5, 5.41) is 3.31. The third-order valence-corrected chi connectivity index (χ3v) is 0.844. The molecular formula is C5H4F3N2O. The number of aromatic nitrogens is 2. The lowest BCUT2D eigenvalue weighted by Gasteiger charge is -2.03. The Morgan fingerprint density at radius 2 is 2.27 bits per heavy atom. The van der Waals surface area contributed by atoms with Crippen molar-refractivity contribution in [2.24, 2.45) is 7.05 Å². The van der Waals surface area contributed by atoms with E-state index in [1.165, 1.54) is 7.05 Å². The number of hydrogen-bond acceptors (Lipinski definition) is 2. The van der Waals surface area contributed by atoms with E-state index in [4.69, 9.17) is 0 Å². The SMILES string of the molecule is Cn1[c]cc(OC(F)(F)F)n1. The molecule has 0 bridgehead atoms. The fourth-order valence-electron chi connectivity index (χ4n) is 0.523. The lowest BCUT2D eigenvalue weighted by atomic mass is 10.7. The summed E-state index contributed by atoms with van der Waals surface area (Å²) in [7, 11) is 1.45. The van der Waals surface area contributed by atoms with E-state index in [2.05, 4.69) is 16.0 Å². The first-order valence-electron chi connectivity index (χ1n) is 2.65. The molecule has 0 aromatic carbocycles. The lowest BCUT2D eigenvalue weighted by molar-refractivity contribution is -0.276. The fourth-order valence-corrected chi connectivity index (χ4v) is 0.523. The normalized spacial score (nSPS) is 11.6. The van der Waals surface area contributed by atoms with Crippen LogP contribution in [0.15, 0.2) is 6.07 Å². The highest BCUT2D eigenvalue weighted by molar-refractivity contribution is 5.04. The highest BCUT2D eigenvalue weighted by Gasteiger charge is 2.32. The zero-order valence-electron chi connectivity index (χ0n) is 5.51. The minimum Gasteiger partial charge on any atom is -0.386 e. The second-order valence-electron chi connectivity index (χ2n) is 1.78. The first-order chi connectivity index (χ1) is 4.97. The van der Waals surface area contributed by atoms with Crippen molar-refractivity contribution in [2.75, 3.05) is 0 Å². The van der Waals surface area contributed by atoms with Gasteiger partial charge in [-0.3, -0.25) is 4.68 Å². The Labute approximate surface area is 60.4 Å². The van der Waals surface area contributed by atoms with Crippen LogP contribution in [0.5, 0.6) is 5.88 Å². The molecule has 0 amide bonds. The number of alkyl halides is 3. The largest absolute Gasteiger partial charge is 0.574 e. The molecule has 0 saturated carbocycles. The van der Waals surface area contributed by atoms with Crippen LogP contribution in [0.2, 0.25) is 0 Å². The predicted molar refractivity (Wildman–Crippen MR) is 28.7 cm³/mol. The maximum atomic E-state index is 11.5. The van der Waals surface area contributed by atoms with Gasteiger partial charge >= 0.3 is 6.36 Å². The van der Waals surface area contributed by atoms with Crippen LogP contribution in [-0.2, 0) is 7.05 Å². The van der Waals surface area contributed by atoms with Gasteiger partial charge in [-0.1, -0.05) is 0 Å². The Morgan fingerprint density at radius 1 is 1.64 bits per heavy atom. The van der Waals surface area contributed by atoms with Crippen LogP contribution in [0, 0.1) is 6.20 Å². The molecule has 0 atom stereocenters. The van der Waals surface area contributed by atoms with Crippen molar-refractivity contribution in [3.8, 4) is 5.88 Å². The van der Waals surface area contributed by atoms with E-state index in [0.29, 0.717) is 0 Å². The van der Waals surface area contributed by atoms with Crippen molar-refractivity contribution in [3.63, 3.8) is 0 Å². The average molecular weight is 165 g/mol. The van der Waals surface area contributed by atoms with Gasteiger partial charge in [-0.2, -0.15) is 0 Å². The Kier molecular flexibility index (Phi) is 1.76. The molecule has 0 aliphatic heterocycles. The molecule has 11 heavy (non-hydrogen) atoms. The number of hydrogen-bond donors (Lipinski definition) is 0. The van der Waals surface area contributed by atoms with Crippen molar-refractivity contribution in [1.82, 2.24) is 9.78 Å². The molecular weight excluding hydrogens is 161 g/mol. The summed E-state index contributed by atoms with van der Waals surface area (Å²) < 4.78 is 39.0. The predicted octanol–water partition coefficient (Wildman–Crippen LogP) is 1.12. The molecule has 0 unspecified atom stereocenters. The van der Waals surface area contributed by atoms with Gasteiger partial charge in [0.1, 0.15) is 0 Å². The minimum absolute atomic E-state index is 0.500. The Bertz CT molecular complexity index is 242. The molecule has 1 aromatic rings. The number of ether oxygens (including phenoxy) is 1. The van der Waals surface area contributed by atoms with Gasteiger partial charge in [-0.15, -0.1) is 18.3 Å². The Morgan fingerprint density at radius 3 is 2.64 bits per heavy atom. The van der Waals surface area contributed by atoms with Gasteiger partial charge in [0, 0.05) is 13.1 Å². The average Bonchev–Trinajstić information content (AvgIpc) is 2.10. The summed E-state index contributed by atoms with van der Waals surface area (Å²) >= 11 is 0. The third kappa shape index (κ3) is 2.48. The highest BCUT2D eigenvalue weighted by Crippen LogP contribution is 2.19. The molecule has 1 aromatic heterocycles. The maximum absolute atomic E-state index is 11.5. The van der Waals surface area contributed by atoms with Crippen LogP contribution in [0.25, 0.3) is 0 Å². The van der Waals surface area contributed by atoms with Gasteiger partial charge in [0.25, 0.3) is 0 Å². The van der Waals surface area contributed by atoms with Crippen LogP contribution >= 0.6 is 0 Å². The molecule has 3 nitrogen and oxygen atoms in total. The second kappa shape index (κ2) is 2.44. The summed E-state index contributed by atoms with van der Waals surface area (Å²) in [5.41, 5.74) is 0. The van der Waals surface area contributed by atoms with Gasteiger partial charge in [0.2, 0.25) is 5.88 Å². The molecule has 0 N–H and O–H groups in total. The van der Waals surface area contributed by atoms with Crippen LogP contribution in [0.1, 0.15) is 0 Å². The maximum Gasteiger partial charge on any atom is 0.574 e. The van der Waals surface area contributed by atoms with Crippen LogP contribution in [0.3, 0.4) is 0 Å². The van der Waals surface area contributed by atoms with E-state index >= 15 is 0 Å². The molecule has 61 valence electrons. The fraction of sp³-hybridized carbons (Fsp3) is 0.400. The van der Waals surface area contributed by atoms with E-state index < -0.39 is 12.2 Å². The first-order valence-corrected chi connectivity index (χ1v) is 2.65. The van der Waals surface area contributed by atoms with Crippen LogP contribution < -0.4 is 4.74 Å². The van der Waals surface area contributed by atoms with Crippen molar-refractivity contribution in [1.29, 1.82) is 0 Å². The number of nitrogens with zero attached hydrogens (tertiary/aromatic N) is 2. The zero-order chi connectivity index (χ0) is 8.48. The zero-order valence-corrected chi connectivity index (χ0v) is 5.51. The first kappa shape index (κ1) is 7.90. The van der Waals surface area contributed by atoms with Gasteiger partial charge in [-0.05, 0) is 0 Å². The summed E-state index contributed by atoms with van der Waals surface area (Å²) in [6.45, 7) is 0. The molecule has 0 fully saturated rings. The van der Waals surface area contributed by atoms with E-state index in [-0.39, 0.29) is 0 Å². The van der Waals surface area contributed by atoms with Gasteiger partial charge < -0.3 is 4.74 Å². The molecule has 0 saturated heterocycles. The van der Waals surface area contributed by atoms with E-state index in [1.54, 1.807) is 0 Å². The molecule has 1 radical (unpaired) electrons. The molecule has 1 heterocycles. The van der Waals surface area contributed by atoms with Crippen molar-refractivity contribution >= 4 is 0 Å². The summed E-state index contributed by atoms with van der Waals surface area (Å²) in [6.07, 6.45) is -2.31. The van der Waals surface area contributed by atoms with Crippen LogP contribution in [0.4, 0.5) is 13.2 Å². The van der Waals surface area contributed by atoms with E-state index in [1.807, 2.05) is 0 Å².